The number of aliphatic hydroxyl groups excluding tert-OH is 9. The molecular weight excluding hydrogens is 1440 g/mol. The number of carbonyl (C=O) groups is 11. The van der Waals surface area contributed by atoms with Crippen LogP contribution in [0.2, 0.25) is 0 Å². The molecule has 3 fully saturated rings. The van der Waals surface area contributed by atoms with Crippen LogP contribution in [-0.2, 0) is 95.4 Å². The van der Waals surface area contributed by atoms with Gasteiger partial charge in [0.1, 0.15) is 90.2 Å². The second kappa shape index (κ2) is 53.7. The summed E-state index contributed by atoms with van der Waals surface area (Å²) in [5, 5.41) is 115. The van der Waals surface area contributed by atoms with E-state index < -0.39 is 146 Å². The second-order valence-electron chi connectivity index (χ2n) is 28.5. The summed E-state index contributed by atoms with van der Waals surface area (Å²) >= 11 is 0. The average molecular weight is 1570 g/mol. The van der Waals surface area contributed by atoms with E-state index in [2.05, 4.69) is 47.9 Å². The number of ketones is 2. The molecule has 109 heavy (non-hydrogen) atoms. The molecule has 15 unspecified atom stereocenters. The van der Waals surface area contributed by atoms with Crippen LogP contribution in [0.1, 0.15) is 170 Å². The minimum absolute atomic E-state index is 0.00799. The number of aliphatic hydroxyl groups is 9. The summed E-state index contributed by atoms with van der Waals surface area (Å²) in [6, 6.07) is -3.27. The Bertz CT molecular complexity index is 2490. The van der Waals surface area contributed by atoms with Crippen molar-refractivity contribution in [1.82, 2.24) is 47.9 Å². The summed E-state index contributed by atoms with van der Waals surface area (Å²) in [4.78, 5) is 139. The van der Waals surface area contributed by atoms with Gasteiger partial charge < -0.3 is 136 Å². The molecule has 0 aromatic rings. The molecule has 3 saturated heterocycles. The average Bonchev–Trinajstić information content (AvgIpc) is 0.822. The van der Waals surface area contributed by atoms with Gasteiger partial charge in [0.25, 0.3) is 0 Å². The molecule has 15 atom stereocenters. The third-order valence-electron chi connectivity index (χ3n) is 17.8. The number of amides is 9. The van der Waals surface area contributed by atoms with Crippen molar-refractivity contribution in [2.24, 2.45) is 5.41 Å². The summed E-state index contributed by atoms with van der Waals surface area (Å²) in [7, 11) is 0. The number of hydrogen-bond donors (Lipinski definition) is 18. The molecule has 628 valence electrons. The normalized spacial score (nSPS) is 24.7. The highest BCUT2D eigenvalue weighted by Crippen LogP contribution is 2.26. The van der Waals surface area contributed by atoms with E-state index in [0.29, 0.717) is 64.2 Å². The van der Waals surface area contributed by atoms with Gasteiger partial charge in [-0.25, -0.2) is 0 Å². The summed E-state index contributed by atoms with van der Waals surface area (Å²) in [6.07, 6.45) is -10.7. The first-order valence-electron chi connectivity index (χ1n) is 37.8. The van der Waals surface area contributed by atoms with Crippen LogP contribution in [0.3, 0.4) is 0 Å². The van der Waals surface area contributed by atoms with E-state index in [4.69, 9.17) is 42.6 Å². The summed E-state index contributed by atoms with van der Waals surface area (Å²) < 4.78 is 51.9. The van der Waals surface area contributed by atoms with Crippen LogP contribution in [0, 0.1) is 5.41 Å². The van der Waals surface area contributed by atoms with Gasteiger partial charge in [0.05, 0.1) is 59.5 Å². The van der Waals surface area contributed by atoms with Crippen LogP contribution >= 0.6 is 0 Å². The molecule has 0 aromatic heterocycles. The highest BCUT2D eigenvalue weighted by Gasteiger charge is 2.48. The van der Waals surface area contributed by atoms with Gasteiger partial charge in [0.2, 0.25) is 53.2 Å². The third-order valence-corrected chi connectivity index (χ3v) is 17.8. The predicted octanol–water partition coefficient (Wildman–Crippen LogP) is -4.66. The number of nitrogens with one attached hydrogen (secondary N) is 9. The lowest BCUT2D eigenvalue weighted by Gasteiger charge is -2.42. The quantitative estimate of drug-likeness (QED) is 0.0255. The van der Waals surface area contributed by atoms with Gasteiger partial charge in [0.15, 0.2) is 18.9 Å². The van der Waals surface area contributed by atoms with E-state index in [9.17, 15) is 98.7 Å². The van der Waals surface area contributed by atoms with Crippen molar-refractivity contribution in [3.8, 4) is 0 Å². The van der Waals surface area contributed by atoms with Crippen molar-refractivity contribution in [1.29, 1.82) is 0 Å². The number of rotatable bonds is 57. The standard InChI is InChI=1S/C71H125N9O29/c1-44(84)77-58-64(98)61(95)48(38-81)107-67(58)104-32-12-8-19-47(87)18-7-11-27-72-54(91)24-35-101-41-71(80-57(94)23-15-20-51(88)70(4,5)6,42-102-36-25-55(92)75-30-16-28-73-52(89)21-9-13-33-105-68-59(78-45(2)85)65(99)62(96)49(39-82)108-68)43-103-37-26-56(93)76-31-17-29-74-53(90)22-10-14-34-106-69-60(79-46(3)86)66(100)63(97)50(40-83)109-69/h48-50,58-69,81-83,95-100H,7-43H2,1-6H3,(H,72,91)(H,73,89)(H,74,90)(H,75,92)(H,76,93)(H,77,84)(H,78,85)(H,79,86)(H,80,94). The minimum atomic E-state index is -1.47. The van der Waals surface area contributed by atoms with E-state index >= 15 is 0 Å². The maximum Gasteiger partial charge on any atom is 0.222 e. The van der Waals surface area contributed by atoms with Crippen molar-refractivity contribution in [2.45, 2.75) is 267 Å². The Balaban J connectivity index is 1.53. The van der Waals surface area contributed by atoms with Gasteiger partial charge in [-0.2, -0.15) is 0 Å². The Labute approximate surface area is 636 Å². The summed E-state index contributed by atoms with van der Waals surface area (Å²) in [6.45, 7) is 7.34. The summed E-state index contributed by atoms with van der Waals surface area (Å²) in [5.74, 6) is -3.68. The fourth-order valence-corrected chi connectivity index (χ4v) is 11.6. The van der Waals surface area contributed by atoms with Gasteiger partial charge in [-0.15, -0.1) is 0 Å². The van der Waals surface area contributed by atoms with E-state index in [0.717, 1.165) is 0 Å². The number of hydrogen-bond acceptors (Lipinski definition) is 29. The molecule has 0 aromatic carbocycles. The Morgan fingerprint density at radius 2 is 0.633 bits per heavy atom. The molecule has 0 aliphatic carbocycles. The van der Waals surface area contributed by atoms with Crippen LogP contribution < -0.4 is 47.9 Å². The number of ether oxygens (including phenoxy) is 9. The van der Waals surface area contributed by atoms with E-state index in [1.165, 1.54) is 20.8 Å². The van der Waals surface area contributed by atoms with Gasteiger partial charge in [0, 0.05) is 137 Å². The monoisotopic (exact) mass is 1570 g/mol. The molecule has 38 nitrogen and oxygen atoms in total. The number of Topliss-reactive ketones (excluding diaryl/α,β-unsaturated/α-hetero) is 2. The van der Waals surface area contributed by atoms with Gasteiger partial charge in [-0.3, -0.25) is 52.7 Å². The zero-order valence-corrected chi connectivity index (χ0v) is 64.0. The minimum Gasteiger partial charge on any atom is -0.394 e. The van der Waals surface area contributed by atoms with Crippen molar-refractivity contribution in [3.05, 3.63) is 0 Å². The Kier molecular flexibility index (Phi) is 47.8. The third kappa shape index (κ3) is 39.2. The van der Waals surface area contributed by atoms with E-state index in [1.807, 2.05) is 0 Å². The molecule has 38 heteroatoms. The molecular formula is C71H125N9O29. The van der Waals surface area contributed by atoms with Crippen LogP contribution in [0.15, 0.2) is 0 Å². The number of unbranched alkanes of at least 4 members (excludes halogenated alkanes) is 4. The van der Waals surface area contributed by atoms with Crippen molar-refractivity contribution < 1.29 is 141 Å². The zero-order valence-electron chi connectivity index (χ0n) is 64.0. The second-order valence-corrected chi connectivity index (χ2v) is 28.5. The van der Waals surface area contributed by atoms with Crippen LogP contribution in [-0.4, -0.2) is 320 Å². The molecule has 3 aliphatic rings. The lowest BCUT2D eigenvalue weighted by atomic mass is 9.88. The van der Waals surface area contributed by atoms with Crippen LogP contribution in [0.5, 0.6) is 0 Å². The molecule has 0 saturated carbocycles. The molecule has 9 amide bonds. The first kappa shape index (κ1) is 97.0. The van der Waals surface area contributed by atoms with Gasteiger partial charge in [-0.1, -0.05) is 20.8 Å². The van der Waals surface area contributed by atoms with E-state index in [1.54, 1.807) is 20.8 Å². The zero-order chi connectivity index (χ0) is 80.9. The Morgan fingerprint density at radius 1 is 0.339 bits per heavy atom. The largest absolute Gasteiger partial charge is 0.394 e. The molecule has 3 rings (SSSR count). The van der Waals surface area contributed by atoms with E-state index in [-0.39, 0.29) is 197 Å². The lowest BCUT2D eigenvalue weighted by Crippen LogP contribution is -2.64. The fraction of sp³-hybridized carbons (Fsp3) is 0.845. The summed E-state index contributed by atoms with van der Waals surface area (Å²) in [5.41, 5.74) is -2.11. The van der Waals surface area contributed by atoms with Crippen LogP contribution in [0.25, 0.3) is 0 Å². The first-order chi connectivity index (χ1) is 51.8. The van der Waals surface area contributed by atoms with Gasteiger partial charge >= 0.3 is 0 Å². The highest BCUT2D eigenvalue weighted by atomic mass is 16.7. The smallest absolute Gasteiger partial charge is 0.222 e. The molecule has 0 spiro atoms. The highest BCUT2D eigenvalue weighted by molar-refractivity contribution is 5.84. The van der Waals surface area contributed by atoms with Gasteiger partial charge in [-0.05, 0) is 70.6 Å². The van der Waals surface area contributed by atoms with Crippen molar-refractivity contribution in [2.75, 3.05) is 112 Å². The van der Waals surface area contributed by atoms with Crippen LogP contribution in [0.4, 0.5) is 0 Å². The lowest BCUT2D eigenvalue weighted by molar-refractivity contribution is -0.270. The maximum atomic E-state index is 13.8. The first-order valence-corrected chi connectivity index (χ1v) is 37.8. The predicted molar refractivity (Wildman–Crippen MR) is 384 cm³/mol. The van der Waals surface area contributed by atoms with Crippen molar-refractivity contribution in [3.63, 3.8) is 0 Å². The fourth-order valence-electron chi connectivity index (χ4n) is 11.6. The molecule has 18 N–H and O–H groups in total. The molecule has 3 aliphatic heterocycles. The molecule has 0 bridgehead atoms. The Hall–Kier alpha value is -6.15. The topological polar surface area (TPSA) is 561 Å². The van der Waals surface area contributed by atoms with Crippen molar-refractivity contribution >= 4 is 64.7 Å². The number of carbonyl (C=O) groups excluding carboxylic acids is 11. The molecule has 0 radical (unpaired) electrons. The molecule has 3 heterocycles. The maximum absolute atomic E-state index is 13.8. The Morgan fingerprint density at radius 3 is 0.945 bits per heavy atom. The SMILES string of the molecule is CC(=O)NC1C(OCCCCC(=O)CCCCNC(=O)CCOCC(COCCC(=O)NCCCNC(=O)CCCCOC2OC(CO)C(O)C(O)C2NC(C)=O)(COCCC(=O)NCCCNC(=O)CCCCOC2OC(CO)C(O)C(O)C2NC(C)=O)NC(=O)CCCC(=O)C(C)(C)C)OC(CO)C(O)C1O.